The van der Waals surface area contributed by atoms with Gasteiger partial charge in [-0.25, -0.2) is 9.97 Å². The number of H-pyrrole nitrogens is 1. The lowest BCUT2D eigenvalue weighted by Crippen LogP contribution is -2.38. The number of carbonyl (C=O) groups is 1. The van der Waals surface area contributed by atoms with E-state index in [-0.39, 0.29) is 5.78 Å². The Hall–Kier alpha value is -2.77. The van der Waals surface area contributed by atoms with Gasteiger partial charge >= 0.3 is 0 Å². The molecule has 0 bridgehead atoms. The molecule has 0 amide bonds. The third kappa shape index (κ3) is 4.52. The third-order valence-electron chi connectivity index (χ3n) is 5.24. The Morgan fingerprint density at radius 2 is 1.93 bits per heavy atom. The monoisotopic (exact) mass is 408 g/mol. The number of hydrogen-bond acceptors (Lipinski definition) is 6. The molecule has 1 aliphatic rings. The molecule has 3 heterocycles. The molecular formula is C23H28N4O3. The molecule has 0 radical (unpaired) electrons. The van der Waals surface area contributed by atoms with Crippen LogP contribution in [0.5, 0.6) is 5.75 Å². The van der Waals surface area contributed by atoms with Crippen LogP contribution in [-0.2, 0) is 4.74 Å². The topological polar surface area (TPSA) is 80.3 Å². The number of ketones is 1. The van der Waals surface area contributed by atoms with Gasteiger partial charge in [-0.05, 0) is 24.3 Å². The molecular weight excluding hydrogens is 380 g/mol. The fourth-order valence-electron chi connectivity index (χ4n) is 3.45. The van der Waals surface area contributed by atoms with Crippen molar-refractivity contribution >= 4 is 16.9 Å². The Bertz CT molecular complexity index is 1020. The number of morpholine rings is 1. The van der Waals surface area contributed by atoms with Crippen LogP contribution in [0.25, 0.3) is 22.4 Å². The molecule has 158 valence electrons. The summed E-state index contributed by atoms with van der Waals surface area (Å²) in [4.78, 5) is 27.3. The number of ether oxygens (including phenoxy) is 2. The molecule has 1 aromatic carbocycles. The van der Waals surface area contributed by atoms with Crippen LogP contribution in [0.15, 0.2) is 36.7 Å². The van der Waals surface area contributed by atoms with E-state index in [1.807, 2.05) is 45.0 Å². The summed E-state index contributed by atoms with van der Waals surface area (Å²) in [7, 11) is 0. The van der Waals surface area contributed by atoms with Crippen LogP contribution < -0.4 is 4.74 Å². The van der Waals surface area contributed by atoms with E-state index in [1.165, 1.54) is 0 Å². The van der Waals surface area contributed by atoms with Crippen molar-refractivity contribution in [2.24, 2.45) is 5.41 Å². The molecule has 7 heteroatoms. The minimum atomic E-state index is -0.479. The molecule has 7 nitrogen and oxygen atoms in total. The van der Waals surface area contributed by atoms with E-state index in [2.05, 4.69) is 14.9 Å². The zero-order chi connectivity index (χ0) is 21.1. The van der Waals surface area contributed by atoms with Crippen molar-refractivity contribution in [3.05, 3.63) is 42.2 Å². The molecule has 0 spiro atoms. The summed E-state index contributed by atoms with van der Waals surface area (Å²) in [6.45, 7) is 10.8. The van der Waals surface area contributed by atoms with Crippen LogP contribution in [0, 0.1) is 5.41 Å². The Morgan fingerprint density at radius 3 is 2.63 bits per heavy atom. The number of rotatable bonds is 6. The van der Waals surface area contributed by atoms with Gasteiger partial charge in [-0.15, -0.1) is 0 Å². The molecule has 0 saturated carbocycles. The number of aromatic amines is 1. The lowest BCUT2D eigenvalue weighted by Gasteiger charge is -2.26. The fraction of sp³-hybridized carbons (Fsp3) is 0.435. The van der Waals surface area contributed by atoms with E-state index < -0.39 is 5.41 Å². The van der Waals surface area contributed by atoms with Crippen molar-refractivity contribution in [3.63, 3.8) is 0 Å². The van der Waals surface area contributed by atoms with Crippen LogP contribution in [0.3, 0.4) is 0 Å². The van der Waals surface area contributed by atoms with Crippen LogP contribution in [-0.4, -0.2) is 65.1 Å². The van der Waals surface area contributed by atoms with E-state index in [1.54, 1.807) is 12.4 Å². The van der Waals surface area contributed by atoms with Crippen LogP contribution in [0.4, 0.5) is 0 Å². The van der Waals surface area contributed by atoms with E-state index in [0.29, 0.717) is 23.3 Å². The second-order valence-electron chi connectivity index (χ2n) is 8.56. The number of nitrogens with one attached hydrogen (secondary N) is 1. The number of hydrogen-bond donors (Lipinski definition) is 1. The first-order valence-electron chi connectivity index (χ1n) is 10.3. The molecule has 3 aromatic rings. The van der Waals surface area contributed by atoms with Crippen LogP contribution in [0.1, 0.15) is 31.1 Å². The number of carbonyl (C=O) groups excluding carboxylic acids is 1. The van der Waals surface area contributed by atoms with Crippen molar-refractivity contribution in [2.45, 2.75) is 20.8 Å². The standard InChI is InChI=1S/C23H28N4O3/c1-23(2,3)21(28)18-14-24-22-20(18)26-19(15-25-22)16-4-6-17(7-5-16)30-13-10-27-8-11-29-12-9-27/h4-7,14-15H,8-13H2,1-3H3,(H,24,25). The van der Waals surface area contributed by atoms with Crippen LogP contribution >= 0.6 is 0 Å². The highest BCUT2D eigenvalue weighted by molar-refractivity contribution is 6.08. The minimum Gasteiger partial charge on any atom is -0.492 e. The first-order valence-corrected chi connectivity index (χ1v) is 10.3. The van der Waals surface area contributed by atoms with Crippen molar-refractivity contribution in [1.29, 1.82) is 0 Å². The van der Waals surface area contributed by atoms with E-state index in [0.717, 1.165) is 49.9 Å². The average Bonchev–Trinajstić information content (AvgIpc) is 3.17. The Labute approximate surface area is 176 Å². The lowest BCUT2D eigenvalue weighted by atomic mass is 9.87. The first-order chi connectivity index (χ1) is 14.4. The molecule has 1 saturated heterocycles. The van der Waals surface area contributed by atoms with Gasteiger partial charge in [0.25, 0.3) is 0 Å². The van der Waals surface area contributed by atoms with Gasteiger partial charge in [-0.3, -0.25) is 9.69 Å². The highest BCUT2D eigenvalue weighted by Gasteiger charge is 2.26. The second kappa shape index (κ2) is 8.53. The van der Waals surface area contributed by atoms with E-state index >= 15 is 0 Å². The molecule has 0 atom stereocenters. The zero-order valence-electron chi connectivity index (χ0n) is 17.8. The summed E-state index contributed by atoms with van der Waals surface area (Å²) < 4.78 is 11.2. The van der Waals surface area contributed by atoms with Crippen molar-refractivity contribution in [3.8, 4) is 17.0 Å². The largest absolute Gasteiger partial charge is 0.492 e. The zero-order valence-corrected chi connectivity index (χ0v) is 17.8. The average molecular weight is 409 g/mol. The maximum absolute atomic E-state index is 12.7. The van der Waals surface area contributed by atoms with Gasteiger partial charge in [0.15, 0.2) is 11.4 Å². The van der Waals surface area contributed by atoms with E-state index in [9.17, 15) is 4.79 Å². The molecule has 0 aliphatic carbocycles. The van der Waals surface area contributed by atoms with E-state index in [4.69, 9.17) is 14.5 Å². The first kappa shape index (κ1) is 20.5. The Morgan fingerprint density at radius 1 is 1.20 bits per heavy atom. The van der Waals surface area contributed by atoms with Gasteiger partial charge < -0.3 is 14.5 Å². The predicted octanol–water partition coefficient (Wildman–Crippen LogP) is 3.56. The molecule has 2 aromatic heterocycles. The molecule has 0 unspecified atom stereocenters. The van der Waals surface area contributed by atoms with Gasteiger partial charge in [0.05, 0.1) is 30.7 Å². The summed E-state index contributed by atoms with van der Waals surface area (Å²) in [6, 6.07) is 7.83. The van der Waals surface area contributed by atoms with Crippen molar-refractivity contribution in [2.75, 3.05) is 39.5 Å². The third-order valence-corrected chi connectivity index (χ3v) is 5.24. The lowest BCUT2D eigenvalue weighted by molar-refractivity contribution is 0.0322. The maximum atomic E-state index is 12.7. The highest BCUT2D eigenvalue weighted by atomic mass is 16.5. The Kier molecular flexibility index (Phi) is 5.83. The van der Waals surface area contributed by atoms with Crippen molar-refractivity contribution < 1.29 is 14.3 Å². The number of benzene rings is 1. The van der Waals surface area contributed by atoms with Gasteiger partial charge in [0.1, 0.15) is 17.9 Å². The van der Waals surface area contributed by atoms with Crippen molar-refractivity contribution in [1.82, 2.24) is 19.9 Å². The number of nitrogens with zero attached hydrogens (tertiary/aromatic N) is 3. The summed E-state index contributed by atoms with van der Waals surface area (Å²) >= 11 is 0. The molecule has 1 fully saturated rings. The SMILES string of the molecule is CC(C)(C)C(=O)c1c[nH]c2ncc(-c3ccc(OCCN4CCOCC4)cc3)nc12. The van der Waals surface area contributed by atoms with Crippen LogP contribution in [0.2, 0.25) is 0 Å². The Balaban J connectivity index is 1.46. The summed E-state index contributed by atoms with van der Waals surface area (Å²) in [5, 5.41) is 0. The predicted molar refractivity (Wildman–Crippen MR) is 116 cm³/mol. The van der Waals surface area contributed by atoms with Gasteiger partial charge in [0, 0.05) is 36.8 Å². The maximum Gasteiger partial charge on any atom is 0.171 e. The fourth-order valence-corrected chi connectivity index (χ4v) is 3.45. The second-order valence-corrected chi connectivity index (χ2v) is 8.56. The number of aromatic nitrogens is 3. The minimum absolute atomic E-state index is 0.0456. The molecule has 1 aliphatic heterocycles. The smallest absolute Gasteiger partial charge is 0.171 e. The quantitative estimate of drug-likeness (QED) is 0.628. The molecule has 1 N–H and O–H groups in total. The van der Waals surface area contributed by atoms with Gasteiger partial charge in [-0.2, -0.15) is 0 Å². The molecule has 4 rings (SSSR count). The summed E-state index contributed by atoms with van der Waals surface area (Å²) in [5.74, 6) is 0.871. The highest BCUT2D eigenvalue weighted by Crippen LogP contribution is 2.27. The number of fused-ring (bicyclic) bond motifs is 1. The normalized spacial score (nSPS) is 15.4. The number of Topliss-reactive ketones (excluding diaryl/α,β-unsaturated/α-hetero) is 1. The summed E-state index contributed by atoms with van der Waals surface area (Å²) in [5.41, 5.74) is 2.99. The summed E-state index contributed by atoms with van der Waals surface area (Å²) in [6.07, 6.45) is 3.42. The van der Waals surface area contributed by atoms with Gasteiger partial charge in [-0.1, -0.05) is 20.8 Å². The molecule has 30 heavy (non-hydrogen) atoms. The van der Waals surface area contributed by atoms with Gasteiger partial charge in [0.2, 0.25) is 0 Å².